The molecule has 0 unspecified atom stereocenters. The number of esters is 1. The van der Waals surface area contributed by atoms with E-state index in [1.807, 2.05) is 0 Å². The third-order valence-corrected chi connectivity index (χ3v) is 0.570. The maximum absolute atomic E-state index is 10.0. The Bertz CT molecular complexity index is 121. The Morgan fingerprint density at radius 1 is 1.44 bits per heavy atom. The van der Waals surface area contributed by atoms with E-state index in [9.17, 15) is 14.4 Å². The first-order valence-electron chi connectivity index (χ1n) is 2.28. The number of aldehydes is 2. The molecule has 0 heterocycles. The van der Waals surface area contributed by atoms with Gasteiger partial charge in [0.25, 0.3) is 0 Å². The molecule has 0 aromatic heterocycles. The predicted molar refractivity (Wildman–Crippen MR) is 27.7 cm³/mol. The van der Waals surface area contributed by atoms with E-state index in [0.29, 0.717) is 0 Å². The van der Waals surface area contributed by atoms with Gasteiger partial charge < -0.3 is 4.74 Å². The minimum absolute atomic E-state index is 0.258. The van der Waals surface area contributed by atoms with Crippen molar-refractivity contribution in [3.8, 4) is 0 Å². The number of carbonyl (C=O) groups is 3. The smallest absolute Gasteiger partial charge is 0.303 e. The fourth-order valence-electron chi connectivity index (χ4n) is 0.279. The van der Waals surface area contributed by atoms with Gasteiger partial charge in [0.15, 0.2) is 12.6 Å². The van der Waals surface area contributed by atoms with Crippen molar-refractivity contribution < 1.29 is 19.1 Å². The van der Waals surface area contributed by atoms with Gasteiger partial charge in [-0.15, -0.1) is 0 Å². The third-order valence-electron chi connectivity index (χ3n) is 0.570. The molecule has 0 fully saturated rings. The summed E-state index contributed by atoms with van der Waals surface area (Å²) in [5, 5.41) is 0. The van der Waals surface area contributed by atoms with E-state index >= 15 is 0 Å². The molecule has 0 aliphatic rings. The summed E-state index contributed by atoms with van der Waals surface area (Å²) in [5.41, 5.74) is 0. The average molecular weight is 130 g/mol. The Morgan fingerprint density at radius 3 is 2.00 bits per heavy atom. The summed E-state index contributed by atoms with van der Waals surface area (Å²) in [4.78, 5) is 29.6. The number of carbonyl (C=O) groups excluding carboxylic acids is 3. The normalized spacial score (nSPS) is 8.67. The Labute approximate surface area is 51.8 Å². The monoisotopic (exact) mass is 130 g/mol. The lowest BCUT2D eigenvalue weighted by Gasteiger charge is -1.99. The Hall–Kier alpha value is -1.19. The van der Waals surface area contributed by atoms with Crippen molar-refractivity contribution in [1.82, 2.24) is 0 Å². The summed E-state index contributed by atoms with van der Waals surface area (Å²) in [5.74, 6) is -0.640. The third kappa shape index (κ3) is 3.40. The van der Waals surface area contributed by atoms with Crippen LogP contribution in [0.2, 0.25) is 0 Å². The molecule has 0 aromatic rings. The van der Waals surface area contributed by atoms with Crippen molar-refractivity contribution in [2.24, 2.45) is 0 Å². The van der Waals surface area contributed by atoms with Crippen molar-refractivity contribution in [1.29, 1.82) is 0 Å². The second-order valence-corrected chi connectivity index (χ2v) is 1.35. The number of rotatable bonds is 3. The van der Waals surface area contributed by atoms with Gasteiger partial charge in [0, 0.05) is 6.92 Å². The van der Waals surface area contributed by atoms with Crippen LogP contribution in [0.25, 0.3) is 0 Å². The molecule has 0 aromatic carbocycles. The molecule has 0 rings (SSSR count). The minimum Gasteiger partial charge on any atom is -0.447 e. The Kier molecular flexibility index (Phi) is 3.27. The van der Waals surface area contributed by atoms with Crippen LogP contribution >= 0.6 is 0 Å². The van der Waals surface area contributed by atoms with Crippen molar-refractivity contribution >= 4 is 18.5 Å². The fourth-order valence-corrected chi connectivity index (χ4v) is 0.279. The molecule has 0 aliphatic heterocycles. The first-order valence-corrected chi connectivity index (χ1v) is 2.28. The second kappa shape index (κ2) is 3.77. The molecule has 0 atom stereocenters. The van der Waals surface area contributed by atoms with Gasteiger partial charge in [-0.05, 0) is 0 Å². The van der Waals surface area contributed by atoms with Crippen LogP contribution in [-0.2, 0) is 19.1 Å². The fraction of sp³-hybridized carbons (Fsp3) is 0.400. The van der Waals surface area contributed by atoms with Gasteiger partial charge in [-0.1, -0.05) is 0 Å². The van der Waals surface area contributed by atoms with Gasteiger partial charge in [-0.25, -0.2) is 0 Å². The summed E-state index contributed by atoms with van der Waals surface area (Å²) < 4.78 is 4.17. The maximum Gasteiger partial charge on any atom is 0.303 e. The summed E-state index contributed by atoms with van der Waals surface area (Å²) in [6, 6.07) is 0. The molecular weight excluding hydrogens is 124 g/mol. The first-order chi connectivity index (χ1) is 4.20. The van der Waals surface area contributed by atoms with Crippen molar-refractivity contribution in [3.63, 3.8) is 0 Å². The lowest BCUT2D eigenvalue weighted by molar-refractivity contribution is -0.151. The van der Waals surface area contributed by atoms with Gasteiger partial charge in [0.1, 0.15) is 0 Å². The SMILES string of the molecule is CC(=O)OC(C=O)C=O. The second-order valence-electron chi connectivity index (χ2n) is 1.35. The predicted octanol–water partition coefficient (Wildman–Crippen LogP) is -0.684. The number of hydrogen-bond donors (Lipinski definition) is 0. The van der Waals surface area contributed by atoms with Crippen molar-refractivity contribution in [2.75, 3.05) is 0 Å². The standard InChI is InChI=1S/C5H6O4/c1-4(8)9-5(2-6)3-7/h2-3,5H,1H3. The van der Waals surface area contributed by atoms with E-state index in [1.54, 1.807) is 0 Å². The quantitative estimate of drug-likeness (QED) is 0.288. The lowest BCUT2D eigenvalue weighted by atomic mass is 10.4. The molecular formula is C5H6O4. The minimum atomic E-state index is -1.23. The zero-order chi connectivity index (χ0) is 7.28. The highest BCUT2D eigenvalue weighted by Gasteiger charge is 2.06. The van der Waals surface area contributed by atoms with Crippen LogP contribution in [0.1, 0.15) is 6.92 Å². The summed E-state index contributed by atoms with van der Waals surface area (Å²) in [6.45, 7) is 1.12. The van der Waals surface area contributed by atoms with Crippen LogP contribution in [-0.4, -0.2) is 24.6 Å². The molecule has 0 radical (unpaired) electrons. The van der Waals surface area contributed by atoms with Crippen molar-refractivity contribution in [2.45, 2.75) is 13.0 Å². The molecule has 9 heavy (non-hydrogen) atoms. The maximum atomic E-state index is 10.0. The average Bonchev–Trinajstić information content (AvgIpc) is 1.82. The van der Waals surface area contributed by atoms with Gasteiger partial charge in [0.2, 0.25) is 6.10 Å². The molecule has 0 saturated heterocycles. The summed E-state index contributed by atoms with van der Waals surface area (Å²) >= 11 is 0. The van der Waals surface area contributed by atoms with E-state index in [1.165, 1.54) is 0 Å². The molecule has 0 bridgehead atoms. The molecule has 0 aliphatic carbocycles. The van der Waals surface area contributed by atoms with Gasteiger partial charge in [-0.3, -0.25) is 14.4 Å². The number of ether oxygens (including phenoxy) is 1. The van der Waals surface area contributed by atoms with Crippen LogP contribution in [0.3, 0.4) is 0 Å². The molecule has 0 spiro atoms. The molecule has 0 amide bonds. The van der Waals surface area contributed by atoms with E-state index in [-0.39, 0.29) is 12.6 Å². The van der Waals surface area contributed by atoms with E-state index in [0.717, 1.165) is 6.92 Å². The molecule has 0 saturated carbocycles. The summed E-state index contributed by atoms with van der Waals surface area (Å²) in [7, 11) is 0. The largest absolute Gasteiger partial charge is 0.447 e. The highest BCUT2D eigenvalue weighted by atomic mass is 16.5. The highest BCUT2D eigenvalue weighted by Crippen LogP contribution is 1.82. The molecule has 4 nitrogen and oxygen atoms in total. The van der Waals surface area contributed by atoms with E-state index in [4.69, 9.17) is 0 Å². The number of hydrogen-bond acceptors (Lipinski definition) is 4. The van der Waals surface area contributed by atoms with Crippen LogP contribution in [0.4, 0.5) is 0 Å². The van der Waals surface area contributed by atoms with Gasteiger partial charge in [-0.2, -0.15) is 0 Å². The van der Waals surface area contributed by atoms with Crippen LogP contribution in [0, 0.1) is 0 Å². The van der Waals surface area contributed by atoms with Crippen LogP contribution in [0.5, 0.6) is 0 Å². The molecule has 50 valence electrons. The zero-order valence-corrected chi connectivity index (χ0v) is 4.87. The lowest BCUT2D eigenvalue weighted by Crippen LogP contribution is -2.18. The summed E-state index contributed by atoms with van der Waals surface area (Å²) in [6.07, 6.45) is -0.717. The zero-order valence-electron chi connectivity index (χ0n) is 4.87. The molecule has 4 heteroatoms. The van der Waals surface area contributed by atoms with E-state index < -0.39 is 12.1 Å². The first kappa shape index (κ1) is 7.81. The highest BCUT2D eigenvalue weighted by molar-refractivity contribution is 5.84. The van der Waals surface area contributed by atoms with E-state index in [2.05, 4.69) is 4.74 Å². The van der Waals surface area contributed by atoms with Gasteiger partial charge in [0.05, 0.1) is 0 Å². The Balaban J connectivity index is 3.68. The molecule has 0 N–H and O–H groups in total. The van der Waals surface area contributed by atoms with Crippen LogP contribution in [0.15, 0.2) is 0 Å². The topological polar surface area (TPSA) is 60.4 Å². The van der Waals surface area contributed by atoms with Crippen LogP contribution < -0.4 is 0 Å². The Morgan fingerprint density at radius 2 is 1.89 bits per heavy atom. The van der Waals surface area contributed by atoms with Crippen molar-refractivity contribution in [3.05, 3.63) is 0 Å². The van der Waals surface area contributed by atoms with Gasteiger partial charge >= 0.3 is 5.97 Å².